The molecule has 0 atom stereocenters. The summed E-state index contributed by atoms with van der Waals surface area (Å²) in [4.78, 5) is 0. The lowest BCUT2D eigenvalue weighted by Gasteiger charge is -2.01. The van der Waals surface area contributed by atoms with Crippen molar-refractivity contribution in [3.8, 4) is 6.07 Å². The van der Waals surface area contributed by atoms with Crippen LogP contribution in [0.4, 0.5) is 5.69 Å². The van der Waals surface area contributed by atoms with Crippen LogP contribution in [-0.2, 0) is 6.42 Å². The zero-order valence-electron chi connectivity index (χ0n) is 11.3. The average Bonchev–Trinajstić information content (AvgIpc) is 2.75. The third kappa shape index (κ3) is 2.47. The summed E-state index contributed by atoms with van der Waals surface area (Å²) in [5.41, 5.74) is 10.4. The topological polar surface area (TPSA) is 111 Å². The highest BCUT2D eigenvalue weighted by atomic mass is 16.3. The number of anilines is 1. The van der Waals surface area contributed by atoms with Gasteiger partial charge < -0.3 is 10.2 Å². The fourth-order valence-corrected chi connectivity index (χ4v) is 1.94. The van der Waals surface area contributed by atoms with E-state index < -0.39 is 0 Å². The zero-order valence-corrected chi connectivity index (χ0v) is 11.3. The number of fused-ring (bicyclic) bond motifs is 1. The number of benzene rings is 1. The van der Waals surface area contributed by atoms with Gasteiger partial charge in [0, 0.05) is 11.8 Å². The summed E-state index contributed by atoms with van der Waals surface area (Å²) < 4.78 is 5.72. The second-order valence-electron chi connectivity index (χ2n) is 4.31. The van der Waals surface area contributed by atoms with Crippen molar-refractivity contribution in [2.75, 3.05) is 5.43 Å². The van der Waals surface area contributed by atoms with Gasteiger partial charge in [0.25, 0.3) is 0 Å². The lowest BCUT2D eigenvalue weighted by molar-refractivity contribution is 0.553. The number of nitriles is 1. The lowest BCUT2D eigenvalue weighted by atomic mass is 10.1. The predicted octanol–water partition coefficient (Wildman–Crippen LogP) is 2.53. The molecule has 0 unspecified atom stereocenters. The smallest absolute Gasteiger partial charge is 0.201 e. The van der Waals surface area contributed by atoms with Crippen LogP contribution in [-0.4, -0.2) is 11.5 Å². The Hall–Kier alpha value is -2.81. The highest BCUT2D eigenvalue weighted by Gasteiger charge is 2.09. The summed E-state index contributed by atoms with van der Waals surface area (Å²) in [5.74, 6) is 0.593. The maximum absolute atomic E-state index is 8.77. The SMILES string of the molecule is CCc1oc2ccc(N/N=C(\C#N)C(=N)N)cc2c1C. The van der Waals surface area contributed by atoms with Gasteiger partial charge in [-0.15, -0.1) is 0 Å². The van der Waals surface area contributed by atoms with Crippen molar-refractivity contribution in [2.45, 2.75) is 20.3 Å². The van der Waals surface area contributed by atoms with Crippen LogP contribution >= 0.6 is 0 Å². The van der Waals surface area contributed by atoms with E-state index in [4.69, 9.17) is 20.8 Å². The van der Waals surface area contributed by atoms with E-state index in [0.717, 1.165) is 28.7 Å². The quantitative estimate of drug-likeness (QED) is 0.450. The molecule has 0 aliphatic carbocycles. The van der Waals surface area contributed by atoms with Gasteiger partial charge in [-0.3, -0.25) is 10.8 Å². The minimum absolute atomic E-state index is 0.150. The van der Waals surface area contributed by atoms with Crippen molar-refractivity contribution >= 4 is 28.2 Å². The van der Waals surface area contributed by atoms with E-state index in [-0.39, 0.29) is 11.5 Å². The minimum Gasteiger partial charge on any atom is -0.461 e. The molecule has 102 valence electrons. The number of hydrazone groups is 1. The van der Waals surface area contributed by atoms with Crippen LogP contribution in [0.5, 0.6) is 0 Å². The van der Waals surface area contributed by atoms with Gasteiger partial charge >= 0.3 is 0 Å². The number of aryl methyl sites for hydroxylation is 2. The van der Waals surface area contributed by atoms with E-state index in [1.54, 1.807) is 12.1 Å². The summed E-state index contributed by atoms with van der Waals surface area (Å²) in [6.45, 7) is 4.05. The Morgan fingerprint density at radius 2 is 2.30 bits per heavy atom. The van der Waals surface area contributed by atoms with Gasteiger partial charge in [-0.25, -0.2) is 0 Å². The number of hydrogen-bond donors (Lipinski definition) is 3. The number of nitrogens with one attached hydrogen (secondary N) is 2. The van der Waals surface area contributed by atoms with Gasteiger partial charge in [0.2, 0.25) is 5.71 Å². The molecule has 6 nitrogen and oxygen atoms in total. The lowest BCUT2D eigenvalue weighted by Crippen LogP contribution is -2.21. The molecule has 0 spiro atoms. The van der Waals surface area contributed by atoms with E-state index in [1.165, 1.54) is 0 Å². The molecule has 0 aliphatic heterocycles. The van der Waals surface area contributed by atoms with Crippen LogP contribution in [0.3, 0.4) is 0 Å². The molecule has 4 N–H and O–H groups in total. The standard InChI is InChI=1S/C14H15N5O/c1-3-12-8(2)10-6-9(4-5-13(10)20-12)18-19-11(7-15)14(16)17/h4-6,18H,3H2,1-2H3,(H3,16,17)/b19-11+. The van der Waals surface area contributed by atoms with Gasteiger partial charge in [-0.05, 0) is 30.7 Å². The first-order chi connectivity index (χ1) is 9.56. The van der Waals surface area contributed by atoms with Crippen LogP contribution in [0.2, 0.25) is 0 Å². The first-order valence-electron chi connectivity index (χ1n) is 6.17. The summed E-state index contributed by atoms with van der Waals surface area (Å²) in [7, 11) is 0. The molecule has 2 aromatic rings. The number of rotatable bonds is 4. The maximum Gasteiger partial charge on any atom is 0.201 e. The molecule has 6 heteroatoms. The molecule has 1 aromatic carbocycles. The Kier molecular flexibility index (Phi) is 3.71. The maximum atomic E-state index is 8.77. The summed E-state index contributed by atoms with van der Waals surface area (Å²) in [6.07, 6.45) is 0.838. The molecule has 20 heavy (non-hydrogen) atoms. The molecule has 0 aliphatic rings. The van der Waals surface area contributed by atoms with Crippen LogP contribution in [0.25, 0.3) is 11.0 Å². The fourth-order valence-electron chi connectivity index (χ4n) is 1.94. The largest absolute Gasteiger partial charge is 0.461 e. The Morgan fingerprint density at radius 3 is 2.90 bits per heavy atom. The number of hydrogen-bond acceptors (Lipinski definition) is 5. The molecule has 0 saturated carbocycles. The highest BCUT2D eigenvalue weighted by Crippen LogP contribution is 2.28. The molecular formula is C14H15N5O. The average molecular weight is 269 g/mol. The normalized spacial score (nSPS) is 11.3. The van der Waals surface area contributed by atoms with Crippen molar-refractivity contribution in [2.24, 2.45) is 10.8 Å². The van der Waals surface area contributed by atoms with E-state index in [1.807, 2.05) is 26.0 Å². The number of nitrogens with two attached hydrogens (primary N) is 1. The van der Waals surface area contributed by atoms with Gasteiger partial charge in [-0.2, -0.15) is 10.4 Å². The summed E-state index contributed by atoms with van der Waals surface area (Å²) in [6, 6.07) is 7.29. The second-order valence-corrected chi connectivity index (χ2v) is 4.31. The van der Waals surface area contributed by atoms with Crippen LogP contribution in [0.15, 0.2) is 27.7 Å². The molecule has 0 radical (unpaired) electrons. The van der Waals surface area contributed by atoms with Gasteiger partial charge in [-0.1, -0.05) is 6.92 Å². The molecule has 1 heterocycles. The Morgan fingerprint density at radius 1 is 1.55 bits per heavy atom. The van der Waals surface area contributed by atoms with E-state index >= 15 is 0 Å². The first-order valence-corrected chi connectivity index (χ1v) is 6.17. The molecule has 0 fully saturated rings. The Labute approximate surface area is 116 Å². The molecule has 0 saturated heterocycles. The third-order valence-corrected chi connectivity index (χ3v) is 3.01. The van der Waals surface area contributed by atoms with Crippen molar-refractivity contribution in [1.82, 2.24) is 0 Å². The van der Waals surface area contributed by atoms with Gasteiger partial charge in [0.15, 0.2) is 5.84 Å². The van der Waals surface area contributed by atoms with Crippen molar-refractivity contribution in [1.29, 1.82) is 10.7 Å². The van der Waals surface area contributed by atoms with Crippen molar-refractivity contribution < 1.29 is 4.42 Å². The summed E-state index contributed by atoms with van der Waals surface area (Å²) >= 11 is 0. The highest BCUT2D eigenvalue weighted by molar-refractivity contribution is 6.45. The number of nitrogens with zero attached hydrogens (tertiary/aromatic N) is 2. The van der Waals surface area contributed by atoms with E-state index in [0.29, 0.717) is 5.69 Å². The first kappa shape index (κ1) is 13.6. The molecule has 0 amide bonds. The van der Waals surface area contributed by atoms with Crippen molar-refractivity contribution in [3.05, 3.63) is 29.5 Å². The van der Waals surface area contributed by atoms with Gasteiger partial charge in [0.05, 0.1) is 5.69 Å². The minimum atomic E-state index is -0.367. The number of amidine groups is 1. The zero-order chi connectivity index (χ0) is 14.7. The number of furan rings is 1. The van der Waals surface area contributed by atoms with Crippen molar-refractivity contribution in [3.63, 3.8) is 0 Å². The molecule has 1 aromatic heterocycles. The predicted molar refractivity (Wildman–Crippen MR) is 78.9 cm³/mol. The molecule has 0 bridgehead atoms. The van der Waals surface area contributed by atoms with Crippen LogP contribution < -0.4 is 11.2 Å². The van der Waals surface area contributed by atoms with Gasteiger partial charge in [0.1, 0.15) is 17.4 Å². The molecular weight excluding hydrogens is 254 g/mol. The third-order valence-electron chi connectivity index (χ3n) is 3.01. The van der Waals surface area contributed by atoms with Crippen LogP contribution in [0, 0.1) is 23.7 Å². The van der Waals surface area contributed by atoms with E-state index in [9.17, 15) is 0 Å². The fraction of sp³-hybridized carbons (Fsp3) is 0.214. The Bertz CT molecular complexity index is 736. The second kappa shape index (κ2) is 5.45. The Balaban J connectivity index is 2.35. The van der Waals surface area contributed by atoms with Crippen LogP contribution in [0.1, 0.15) is 18.2 Å². The van der Waals surface area contributed by atoms with E-state index in [2.05, 4.69) is 10.5 Å². The summed E-state index contributed by atoms with van der Waals surface area (Å²) in [5, 5.41) is 20.8. The molecule has 2 rings (SSSR count). The monoisotopic (exact) mass is 269 g/mol.